The quantitative estimate of drug-likeness (QED) is 0.814. The molecule has 0 aromatic carbocycles. The number of hydrogen-bond donors (Lipinski definition) is 2. The van der Waals surface area contributed by atoms with E-state index < -0.39 is 0 Å². The molecule has 0 bridgehead atoms. The Bertz CT molecular complexity index is 652. The van der Waals surface area contributed by atoms with Crippen LogP contribution in [0, 0.1) is 6.92 Å². The van der Waals surface area contributed by atoms with Gasteiger partial charge in [0.15, 0.2) is 0 Å². The van der Waals surface area contributed by atoms with Gasteiger partial charge in [0.05, 0.1) is 11.4 Å². The second kappa shape index (κ2) is 5.01. The maximum atomic E-state index is 11.9. The Morgan fingerprint density at radius 1 is 1.39 bits per heavy atom. The first-order valence-electron chi connectivity index (χ1n) is 5.19. The van der Waals surface area contributed by atoms with Gasteiger partial charge in [-0.05, 0) is 25.1 Å². The summed E-state index contributed by atoms with van der Waals surface area (Å²) in [7, 11) is 0. The number of aromatic amines is 1. The molecule has 6 heteroatoms. The normalized spacial score (nSPS) is 10.1. The highest BCUT2D eigenvalue weighted by molar-refractivity contribution is 6.29. The zero-order valence-corrected chi connectivity index (χ0v) is 10.3. The van der Waals surface area contributed by atoms with Crippen LogP contribution in [-0.2, 0) is 0 Å². The molecule has 0 saturated carbocycles. The predicted molar refractivity (Wildman–Crippen MR) is 69.0 cm³/mol. The molecule has 2 N–H and O–H groups in total. The minimum absolute atomic E-state index is 0.285. The fourth-order valence-corrected chi connectivity index (χ4v) is 1.63. The third-order valence-corrected chi connectivity index (χ3v) is 2.55. The van der Waals surface area contributed by atoms with Gasteiger partial charge in [0, 0.05) is 17.8 Å². The first kappa shape index (κ1) is 12.3. The van der Waals surface area contributed by atoms with Crippen molar-refractivity contribution in [2.45, 2.75) is 6.92 Å². The van der Waals surface area contributed by atoms with Crippen LogP contribution in [0.5, 0.6) is 0 Å². The molecule has 18 heavy (non-hydrogen) atoms. The van der Waals surface area contributed by atoms with Crippen molar-refractivity contribution >= 4 is 23.2 Å². The maximum Gasteiger partial charge on any atom is 0.255 e. The molecule has 0 aliphatic heterocycles. The average Bonchev–Trinajstić information content (AvgIpc) is 2.32. The summed E-state index contributed by atoms with van der Waals surface area (Å²) in [5, 5.41) is 3.03. The summed E-state index contributed by atoms with van der Waals surface area (Å²) in [4.78, 5) is 29.4. The molecule has 2 aromatic heterocycles. The van der Waals surface area contributed by atoms with E-state index in [9.17, 15) is 9.59 Å². The Morgan fingerprint density at radius 2 is 2.17 bits per heavy atom. The van der Waals surface area contributed by atoms with E-state index in [1.165, 1.54) is 18.3 Å². The van der Waals surface area contributed by atoms with Crippen molar-refractivity contribution in [3.8, 4) is 0 Å². The van der Waals surface area contributed by atoms with E-state index in [4.69, 9.17) is 11.6 Å². The molecule has 0 aliphatic rings. The average molecular weight is 264 g/mol. The van der Waals surface area contributed by atoms with E-state index in [-0.39, 0.29) is 17.0 Å². The number of pyridine rings is 2. The smallest absolute Gasteiger partial charge is 0.255 e. The lowest BCUT2D eigenvalue weighted by molar-refractivity contribution is 0.102. The van der Waals surface area contributed by atoms with Gasteiger partial charge in [-0.25, -0.2) is 4.98 Å². The topological polar surface area (TPSA) is 74.8 Å². The van der Waals surface area contributed by atoms with Crippen LogP contribution in [0.1, 0.15) is 16.1 Å². The molecular weight excluding hydrogens is 254 g/mol. The lowest BCUT2D eigenvalue weighted by atomic mass is 10.2. The summed E-state index contributed by atoms with van der Waals surface area (Å²) < 4.78 is 0. The second-order valence-electron chi connectivity index (χ2n) is 3.66. The van der Waals surface area contributed by atoms with Crippen molar-refractivity contribution in [1.82, 2.24) is 9.97 Å². The third kappa shape index (κ3) is 2.75. The van der Waals surface area contributed by atoms with Gasteiger partial charge in [-0.2, -0.15) is 0 Å². The van der Waals surface area contributed by atoms with Crippen LogP contribution < -0.4 is 10.9 Å². The summed E-state index contributed by atoms with van der Waals surface area (Å²) in [5.41, 5.74) is 1.13. The Morgan fingerprint density at radius 3 is 2.83 bits per heavy atom. The first-order valence-corrected chi connectivity index (χ1v) is 5.57. The van der Waals surface area contributed by atoms with Crippen molar-refractivity contribution in [3.05, 3.63) is 57.2 Å². The second-order valence-corrected chi connectivity index (χ2v) is 4.05. The number of halogens is 1. The number of H-pyrrole nitrogens is 1. The summed E-state index contributed by atoms with van der Waals surface area (Å²) in [6.45, 7) is 1.74. The molecule has 92 valence electrons. The van der Waals surface area contributed by atoms with E-state index in [2.05, 4.69) is 15.3 Å². The van der Waals surface area contributed by atoms with Gasteiger partial charge < -0.3 is 10.3 Å². The number of nitrogens with one attached hydrogen (secondary N) is 2. The number of aromatic nitrogens is 2. The Labute approximate surface area is 108 Å². The standard InChI is InChI=1S/C12H10ClN3O2/c1-7-9(2-3-10(13)15-7)16-12(18)8-4-5-14-11(17)6-8/h2-6H,1H3,(H,14,17)(H,16,18). The number of carbonyl (C=O) groups excluding carboxylic acids is 1. The summed E-state index contributed by atoms with van der Waals surface area (Å²) in [6, 6.07) is 6.00. The fraction of sp³-hybridized carbons (Fsp3) is 0.0833. The highest BCUT2D eigenvalue weighted by atomic mass is 35.5. The van der Waals surface area contributed by atoms with Gasteiger partial charge >= 0.3 is 0 Å². The SMILES string of the molecule is Cc1nc(Cl)ccc1NC(=O)c1cc[nH]c(=O)c1. The number of hydrogen-bond acceptors (Lipinski definition) is 3. The molecule has 0 atom stereocenters. The van der Waals surface area contributed by atoms with Crippen molar-refractivity contribution < 1.29 is 4.79 Å². The van der Waals surface area contributed by atoms with Gasteiger partial charge in [-0.15, -0.1) is 0 Å². The minimum Gasteiger partial charge on any atom is -0.329 e. The van der Waals surface area contributed by atoms with Crippen LogP contribution >= 0.6 is 11.6 Å². The number of aryl methyl sites for hydroxylation is 1. The highest BCUT2D eigenvalue weighted by Gasteiger charge is 2.08. The van der Waals surface area contributed by atoms with Crippen LogP contribution in [0.3, 0.4) is 0 Å². The summed E-state index contributed by atoms with van der Waals surface area (Å²) >= 11 is 5.72. The van der Waals surface area contributed by atoms with E-state index in [0.29, 0.717) is 16.5 Å². The fourth-order valence-electron chi connectivity index (χ4n) is 1.44. The van der Waals surface area contributed by atoms with Crippen molar-refractivity contribution in [2.75, 3.05) is 5.32 Å². The van der Waals surface area contributed by atoms with E-state index >= 15 is 0 Å². The first-order chi connectivity index (χ1) is 8.56. The molecule has 2 heterocycles. The third-order valence-electron chi connectivity index (χ3n) is 2.34. The largest absolute Gasteiger partial charge is 0.329 e. The molecule has 0 fully saturated rings. The van der Waals surface area contributed by atoms with Crippen LogP contribution in [0.25, 0.3) is 0 Å². The van der Waals surface area contributed by atoms with Crippen molar-refractivity contribution in [3.63, 3.8) is 0 Å². The molecule has 0 radical (unpaired) electrons. The zero-order valence-electron chi connectivity index (χ0n) is 9.53. The maximum absolute atomic E-state index is 11.9. The van der Waals surface area contributed by atoms with E-state index in [0.717, 1.165) is 0 Å². The molecule has 0 aliphatic carbocycles. The molecule has 0 spiro atoms. The molecule has 1 amide bonds. The summed E-state index contributed by atoms with van der Waals surface area (Å²) in [5.74, 6) is -0.367. The number of carbonyl (C=O) groups is 1. The van der Waals surface area contributed by atoms with Crippen molar-refractivity contribution in [2.24, 2.45) is 0 Å². The molecule has 0 unspecified atom stereocenters. The van der Waals surface area contributed by atoms with Gasteiger partial charge in [0.2, 0.25) is 5.56 Å². The van der Waals surface area contributed by atoms with Crippen LogP contribution in [-0.4, -0.2) is 15.9 Å². The van der Waals surface area contributed by atoms with Gasteiger partial charge in [0.1, 0.15) is 5.15 Å². The van der Waals surface area contributed by atoms with E-state index in [1.54, 1.807) is 19.1 Å². The Kier molecular flexibility index (Phi) is 3.43. The van der Waals surface area contributed by atoms with Gasteiger partial charge in [0.25, 0.3) is 5.91 Å². The minimum atomic E-state index is -0.367. The van der Waals surface area contributed by atoms with Crippen LogP contribution in [0.2, 0.25) is 5.15 Å². The summed E-state index contributed by atoms with van der Waals surface area (Å²) in [6.07, 6.45) is 1.42. The number of amides is 1. The molecule has 5 nitrogen and oxygen atoms in total. The Hall–Kier alpha value is -2.14. The monoisotopic (exact) mass is 263 g/mol. The lowest BCUT2D eigenvalue weighted by Crippen LogP contribution is -2.16. The highest BCUT2D eigenvalue weighted by Crippen LogP contribution is 2.16. The van der Waals surface area contributed by atoms with Gasteiger partial charge in [-0.1, -0.05) is 11.6 Å². The van der Waals surface area contributed by atoms with Crippen LogP contribution in [0.4, 0.5) is 5.69 Å². The molecular formula is C12H10ClN3O2. The predicted octanol–water partition coefficient (Wildman–Crippen LogP) is 1.98. The van der Waals surface area contributed by atoms with Crippen LogP contribution in [0.15, 0.2) is 35.3 Å². The molecule has 2 aromatic rings. The van der Waals surface area contributed by atoms with E-state index in [1.807, 2.05) is 0 Å². The Balaban J connectivity index is 2.24. The number of rotatable bonds is 2. The van der Waals surface area contributed by atoms with Gasteiger partial charge in [-0.3, -0.25) is 9.59 Å². The lowest BCUT2D eigenvalue weighted by Gasteiger charge is -2.07. The number of nitrogens with zero attached hydrogens (tertiary/aromatic N) is 1. The van der Waals surface area contributed by atoms with Crippen molar-refractivity contribution in [1.29, 1.82) is 0 Å². The number of anilines is 1. The molecule has 2 rings (SSSR count). The zero-order chi connectivity index (χ0) is 13.1. The molecule has 0 saturated heterocycles.